The van der Waals surface area contributed by atoms with Crippen molar-refractivity contribution in [3.8, 4) is 6.07 Å². The Balaban J connectivity index is 1.94. The monoisotopic (exact) mass is 441 g/mol. The Morgan fingerprint density at radius 2 is 1.81 bits per heavy atom. The third-order valence-electron chi connectivity index (χ3n) is 4.62. The molecule has 1 heterocycles. The van der Waals surface area contributed by atoms with Crippen LogP contribution in [0.5, 0.6) is 0 Å². The number of carbonyl (C=O) groups excluding carboxylic acids is 3. The molecule has 0 saturated carbocycles. The first-order valence-electron chi connectivity index (χ1n) is 9.97. The van der Waals surface area contributed by atoms with Crippen molar-refractivity contribution < 1.29 is 19.1 Å². The summed E-state index contributed by atoms with van der Waals surface area (Å²) in [6.45, 7) is 10.0. The van der Waals surface area contributed by atoms with Crippen molar-refractivity contribution in [2.75, 3.05) is 18.5 Å². The Morgan fingerprint density at radius 3 is 2.35 bits per heavy atom. The number of hydrogen-bond donors (Lipinski definition) is 2. The quantitative estimate of drug-likeness (QED) is 0.627. The minimum absolute atomic E-state index is 0.00264. The van der Waals surface area contributed by atoms with E-state index < -0.39 is 5.97 Å². The molecular formula is C23H27N3O4S. The zero-order chi connectivity index (χ0) is 23.2. The molecule has 0 bridgehead atoms. The van der Waals surface area contributed by atoms with Gasteiger partial charge in [-0.05, 0) is 42.5 Å². The Morgan fingerprint density at radius 1 is 1.16 bits per heavy atom. The molecule has 1 aromatic carbocycles. The molecule has 2 amide bonds. The van der Waals surface area contributed by atoms with Crippen LogP contribution in [0.2, 0.25) is 0 Å². The molecule has 0 aliphatic heterocycles. The van der Waals surface area contributed by atoms with Crippen molar-refractivity contribution >= 4 is 34.1 Å². The SMILES string of the molecule is CCOC(=O)c1sc(NC(=O)CCNC(=O)c2ccc(C(C)(C)C)cc2)c(C#N)c1C. The highest BCUT2D eigenvalue weighted by Gasteiger charge is 2.22. The Labute approximate surface area is 186 Å². The number of hydrogen-bond acceptors (Lipinski definition) is 6. The number of nitrogens with one attached hydrogen (secondary N) is 2. The molecule has 164 valence electrons. The number of rotatable bonds is 7. The molecule has 2 rings (SSSR count). The van der Waals surface area contributed by atoms with Gasteiger partial charge in [0.25, 0.3) is 5.91 Å². The van der Waals surface area contributed by atoms with Crippen molar-refractivity contribution in [1.82, 2.24) is 5.32 Å². The number of esters is 1. The predicted molar refractivity (Wildman–Crippen MR) is 120 cm³/mol. The van der Waals surface area contributed by atoms with Crippen LogP contribution in [0.25, 0.3) is 0 Å². The zero-order valence-corrected chi connectivity index (χ0v) is 19.2. The summed E-state index contributed by atoms with van der Waals surface area (Å²) in [5.74, 6) is -1.15. The molecule has 0 unspecified atom stereocenters. The smallest absolute Gasteiger partial charge is 0.348 e. The summed E-state index contributed by atoms with van der Waals surface area (Å²) in [7, 11) is 0. The minimum atomic E-state index is -0.522. The van der Waals surface area contributed by atoms with Crippen molar-refractivity contribution in [3.63, 3.8) is 0 Å². The molecule has 0 aliphatic rings. The zero-order valence-electron chi connectivity index (χ0n) is 18.4. The van der Waals surface area contributed by atoms with E-state index in [2.05, 4.69) is 31.4 Å². The van der Waals surface area contributed by atoms with E-state index in [0.717, 1.165) is 16.9 Å². The first-order chi connectivity index (χ1) is 14.6. The second-order valence-corrected chi connectivity index (χ2v) is 8.99. The summed E-state index contributed by atoms with van der Waals surface area (Å²) < 4.78 is 4.99. The molecule has 0 spiro atoms. The normalized spacial score (nSPS) is 10.8. The van der Waals surface area contributed by atoms with Gasteiger partial charge in [0, 0.05) is 18.5 Å². The van der Waals surface area contributed by atoms with Gasteiger partial charge in [0.2, 0.25) is 5.91 Å². The van der Waals surface area contributed by atoms with E-state index in [9.17, 15) is 19.6 Å². The summed E-state index contributed by atoms with van der Waals surface area (Å²) in [6, 6.07) is 9.39. The summed E-state index contributed by atoms with van der Waals surface area (Å²) >= 11 is 1.01. The van der Waals surface area contributed by atoms with E-state index in [-0.39, 0.29) is 42.4 Å². The van der Waals surface area contributed by atoms with Crippen LogP contribution >= 0.6 is 11.3 Å². The van der Waals surface area contributed by atoms with Gasteiger partial charge in [0.15, 0.2) is 0 Å². The number of ether oxygens (including phenoxy) is 1. The van der Waals surface area contributed by atoms with E-state index in [0.29, 0.717) is 21.0 Å². The third kappa shape index (κ3) is 6.15. The highest BCUT2D eigenvalue weighted by Crippen LogP contribution is 2.33. The fourth-order valence-corrected chi connectivity index (χ4v) is 3.90. The van der Waals surface area contributed by atoms with Crippen LogP contribution in [-0.2, 0) is 14.9 Å². The van der Waals surface area contributed by atoms with Gasteiger partial charge in [0.1, 0.15) is 15.9 Å². The molecule has 0 radical (unpaired) electrons. The van der Waals surface area contributed by atoms with Crippen LogP contribution in [0.4, 0.5) is 5.00 Å². The van der Waals surface area contributed by atoms with E-state index >= 15 is 0 Å². The van der Waals surface area contributed by atoms with Gasteiger partial charge in [-0.3, -0.25) is 9.59 Å². The van der Waals surface area contributed by atoms with Gasteiger partial charge in [-0.25, -0.2) is 4.79 Å². The van der Waals surface area contributed by atoms with Gasteiger partial charge in [-0.2, -0.15) is 5.26 Å². The number of anilines is 1. The lowest BCUT2D eigenvalue weighted by Gasteiger charge is -2.19. The number of amides is 2. The average molecular weight is 442 g/mol. The summed E-state index contributed by atoms with van der Waals surface area (Å²) in [5.41, 5.74) is 2.37. The third-order valence-corrected chi connectivity index (χ3v) is 5.81. The maximum atomic E-state index is 12.3. The maximum absolute atomic E-state index is 12.3. The molecular weight excluding hydrogens is 414 g/mol. The first kappa shape index (κ1) is 24.1. The first-order valence-corrected chi connectivity index (χ1v) is 10.8. The van der Waals surface area contributed by atoms with Gasteiger partial charge >= 0.3 is 5.97 Å². The molecule has 0 aliphatic carbocycles. The molecule has 2 N–H and O–H groups in total. The number of nitrogens with zero attached hydrogens (tertiary/aromatic N) is 1. The topological polar surface area (TPSA) is 108 Å². The van der Waals surface area contributed by atoms with Crippen LogP contribution in [0.3, 0.4) is 0 Å². The fourth-order valence-electron chi connectivity index (χ4n) is 2.83. The molecule has 31 heavy (non-hydrogen) atoms. The number of benzene rings is 1. The van der Waals surface area contributed by atoms with Crippen molar-refractivity contribution in [2.24, 2.45) is 0 Å². The number of thiophene rings is 1. The standard InChI is InChI=1S/C23H27N3O4S/c1-6-30-22(29)19-14(2)17(13-24)21(31-19)26-18(27)11-12-25-20(28)15-7-9-16(10-8-15)23(3,4)5/h7-10H,6,11-12H2,1-5H3,(H,25,28)(H,26,27). The molecule has 0 saturated heterocycles. The summed E-state index contributed by atoms with van der Waals surface area (Å²) in [6.07, 6.45) is 0.0301. The molecule has 8 heteroatoms. The van der Waals surface area contributed by atoms with Crippen molar-refractivity contribution in [1.29, 1.82) is 5.26 Å². The van der Waals surface area contributed by atoms with E-state index in [1.807, 2.05) is 18.2 Å². The maximum Gasteiger partial charge on any atom is 0.348 e. The number of nitriles is 1. The average Bonchev–Trinajstić information content (AvgIpc) is 3.02. The van der Waals surface area contributed by atoms with Crippen LogP contribution < -0.4 is 10.6 Å². The largest absolute Gasteiger partial charge is 0.462 e. The highest BCUT2D eigenvalue weighted by molar-refractivity contribution is 7.18. The highest BCUT2D eigenvalue weighted by atomic mass is 32.1. The minimum Gasteiger partial charge on any atom is -0.462 e. The van der Waals surface area contributed by atoms with Crippen LogP contribution in [0, 0.1) is 18.3 Å². The van der Waals surface area contributed by atoms with E-state index in [4.69, 9.17) is 4.74 Å². The second kappa shape index (κ2) is 10.2. The molecule has 1 aromatic heterocycles. The Kier molecular flexibility index (Phi) is 7.95. The van der Waals surface area contributed by atoms with E-state index in [1.165, 1.54) is 0 Å². The van der Waals surface area contributed by atoms with Gasteiger partial charge < -0.3 is 15.4 Å². The fraction of sp³-hybridized carbons (Fsp3) is 0.391. The van der Waals surface area contributed by atoms with Crippen molar-refractivity contribution in [2.45, 2.75) is 46.5 Å². The number of carbonyl (C=O) groups is 3. The van der Waals surface area contributed by atoms with E-state index in [1.54, 1.807) is 26.0 Å². The lowest BCUT2D eigenvalue weighted by atomic mass is 9.87. The second-order valence-electron chi connectivity index (χ2n) is 7.97. The summed E-state index contributed by atoms with van der Waals surface area (Å²) in [4.78, 5) is 36.9. The van der Waals surface area contributed by atoms with Crippen LogP contribution in [0.15, 0.2) is 24.3 Å². The molecule has 0 atom stereocenters. The van der Waals surface area contributed by atoms with Gasteiger partial charge in [0.05, 0.1) is 12.2 Å². The predicted octanol–water partition coefficient (Wildman–Crippen LogP) is 4.16. The van der Waals surface area contributed by atoms with Crippen LogP contribution in [-0.4, -0.2) is 30.9 Å². The molecule has 7 nitrogen and oxygen atoms in total. The van der Waals surface area contributed by atoms with Gasteiger partial charge in [-0.1, -0.05) is 32.9 Å². The molecule has 0 fully saturated rings. The Bertz CT molecular complexity index is 1010. The van der Waals surface area contributed by atoms with Crippen molar-refractivity contribution in [3.05, 3.63) is 51.4 Å². The Hall–Kier alpha value is -3.18. The van der Waals surface area contributed by atoms with Gasteiger partial charge in [-0.15, -0.1) is 11.3 Å². The summed E-state index contributed by atoms with van der Waals surface area (Å²) in [5, 5.41) is 15.1. The molecule has 2 aromatic rings. The lowest BCUT2D eigenvalue weighted by molar-refractivity contribution is -0.116. The van der Waals surface area contributed by atoms with Crippen LogP contribution in [0.1, 0.15) is 70.8 Å². The lowest BCUT2D eigenvalue weighted by Crippen LogP contribution is -2.27.